The molecule has 0 unspecified atom stereocenters. The Morgan fingerprint density at radius 1 is 1.24 bits per heavy atom. The number of nitrogens with zero attached hydrogens (tertiary/aromatic N) is 6. The largest absolute Gasteiger partial charge is 0.324 e. The first-order valence-electron chi connectivity index (χ1n) is 6.52. The summed E-state index contributed by atoms with van der Waals surface area (Å²) in [6.07, 6.45) is 5.31. The molecule has 0 fully saturated rings. The molecule has 0 radical (unpaired) electrons. The van der Waals surface area contributed by atoms with Gasteiger partial charge in [-0.15, -0.1) is 11.3 Å². The van der Waals surface area contributed by atoms with Crippen molar-refractivity contribution in [2.45, 2.75) is 13.5 Å². The van der Waals surface area contributed by atoms with Crippen LogP contribution in [0.15, 0.2) is 42.3 Å². The van der Waals surface area contributed by atoms with Crippen LogP contribution in [0.1, 0.15) is 10.7 Å². The van der Waals surface area contributed by atoms with Crippen molar-refractivity contribution in [3.63, 3.8) is 0 Å². The lowest BCUT2D eigenvalue weighted by Crippen LogP contribution is -2.04. The summed E-state index contributed by atoms with van der Waals surface area (Å²) in [4.78, 5) is 13.2. The van der Waals surface area contributed by atoms with Gasteiger partial charge < -0.3 is 4.57 Å². The molecule has 0 N–H and O–H groups in total. The van der Waals surface area contributed by atoms with Crippen LogP contribution in [0.3, 0.4) is 0 Å². The molecule has 0 spiro atoms. The Morgan fingerprint density at radius 3 is 3.05 bits per heavy atom. The second-order valence-corrected chi connectivity index (χ2v) is 5.74. The van der Waals surface area contributed by atoms with Gasteiger partial charge >= 0.3 is 0 Å². The van der Waals surface area contributed by atoms with Crippen molar-refractivity contribution in [1.29, 1.82) is 0 Å². The molecule has 0 bridgehead atoms. The summed E-state index contributed by atoms with van der Waals surface area (Å²) in [6, 6.07) is 5.88. The predicted octanol–water partition coefficient (Wildman–Crippen LogP) is 2.41. The van der Waals surface area contributed by atoms with Crippen LogP contribution < -0.4 is 0 Å². The minimum atomic E-state index is 0.699. The lowest BCUT2D eigenvalue weighted by Gasteiger charge is -2.07. The highest BCUT2D eigenvalue weighted by Crippen LogP contribution is 2.19. The van der Waals surface area contributed by atoms with Crippen molar-refractivity contribution >= 4 is 17.0 Å². The summed E-state index contributed by atoms with van der Waals surface area (Å²) in [7, 11) is 0. The van der Waals surface area contributed by atoms with Gasteiger partial charge in [0.15, 0.2) is 11.5 Å². The Hall–Kier alpha value is -2.54. The zero-order valence-electron chi connectivity index (χ0n) is 11.3. The molecule has 4 aromatic rings. The molecule has 0 aliphatic heterocycles. The number of hydrogen-bond acceptors (Lipinski definition) is 5. The van der Waals surface area contributed by atoms with Crippen molar-refractivity contribution < 1.29 is 0 Å². The van der Waals surface area contributed by atoms with E-state index in [1.807, 2.05) is 31.3 Å². The van der Waals surface area contributed by atoms with Gasteiger partial charge in [-0.2, -0.15) is 5.10 Å². The molecule has 0 saturated heterocycles. The monoisotopic (exact) mass is 296 g/mol. The molecule has 0 aromatic carbocycles. The average Bonchev–Trinajstić information content (AvgIpc) is 3.19. The Morgan fingerprint density at radius 2 is 2.19 bits per heavy atom. The van der Waals surface area contributed by atoms with Gasteiger partial charge in [0.05, 0.1) is 17.2 Å². The van der Waals surface area contributed by atoms with Gasteiger partial charge in [-0.05, 0) is 19.1 Å². The molecule has 7 heteroatoms. The van der Waals surface area contributed by atoms with E-state index in [1.165, 1.54) is 0 Å². The molecular formula is C14H12N6S. The predicted molar refractivity (Wildman–Crippen MR) is 80.2 cm³/mol. The minimum Gasteiger partial charge on any atom is -0.324 e. The van der Waals surface area contributed by atoms with Gasteiger partial charge in [0.25, 0.3) is 0 Å². The molecule has 0 saturated carbocycles. The number of rotatable bonds is 3. The van der Waals surface area contributed by atoms with Crippen LogP contribution in [0.2, 0.25) is 0 Å². The molecular weight excluding hydrogens is 284 g/mol. The quantitative estimate of drug-likeness (QED) is 0.582. The summed E-state index contributed by atoms with van der Waals surface area (Å²) in [6.45, 7) is 2.71. The van der Waals surface area contributed by atoms with Crippen LogP contribution in [0, 0.1) is 6.92 Å². The van der Waals surface area contributed by atoms with Crippen LogP contribution in [0.25, 0.3) is 17.2 Å². The van der Waals surface area contributed by atoms with E-state index in [0.717, 1.165) is 27.9 Å². The molecule has 0 atom stereocenters. The molecule has 104 valence electrons. The van der Waals surface area contributed by atoms with E-state index < -0.39 is 0 Å². The smallest absolute Gasteiger partial charge is 0.159 e. The first kappa shape index (κ1) is 12.2. The second-order valence-electron chi connectivity index (χ2n) is 4.68. The van der Waals surface area contributed by atoms with Crippen molar-refractivity contribution in [3.05, 3.63) is 53.0 Å². The van der Waals surface area contributed by atoms with Crippen LogP contribution in [-0.2, 0) is 6.54 Å². The lowest BCUT2D eigenvalue weighted by molar-refractivity contribution is 0.776. The maximum Gasteiger partial charge on any atom is 0.159 e. The number of thiazole rings is 1. The fourth-order valence-corrected chi connectivity index (χ4v) is 2.94. The molecule has 6 nitrogen and oxygen atoms in total. The van der Waals surface area contributed by atoms with E-state index in [2.05, 4.69) is 30.0 Å². The fraction of sp³-hybridized carbons (Fsp3) is 0.143. The molecule has 4 heterocycles. The summed E-state index contributed by atoms with van der Waals surface area (Å²) in [5.74, 6) is 0.858. The Bertz CT molecular complexity index is 903. The SMILES string of the molecule is Cc1nc(Cn2ccnc2-c2cccc3ncnn23)cs1. The highest BCUT2D eigenvalue weighted by molar-refractivity contribution is 7.09. The van der Waals surface area contributed by atoms with E-state index in [4.69, 9.17) is 0 Å². The van der Waals surface area contributed by atoms with E-state index in [1.54, 1.807) is 28.4 Å². The first-order valence-corrected chi connectivity index (χ1v) is 7.40. The number of hydrogen-bond donors (Lipinski definition) is 0. The van der Waals surface area contributed by atoms with Crippen molar-refractivity contribution in [1.82, 2.24) is 29.1 Å². The van der Waals surface area contributed by atoms with Crippen LogP contribution >= 0.6 is 11.3 Å². The van der Waals surface area contributed by atoms with Gasteiger partial charge in [0, 0.05) is 17.8 Å². The highest BCUT2D eigenvalue weighted by Gasteiger charge is 2.12. The molecule has 0 aliphatic carbocycles. The van der Waals surface area contributed by atoms with Gasteiger partial charge in [-0.25, -0.2) is 19.5 Å². The first-order chi connectivity index (χ1) is 10.3. The number of pyridine rings is 1. The number of aryl methyl sites for hydroxylation is 1. The van der Waals surface area contributed by atoms with Crippen LogP contribution in [0.4, 0.5) is 0 Å². The number of aromatic nitrogens is 6. The van der Waals surface area contributed by atoms with Gasteiger partial charge in [0.2, 0.25) is 0 Å². The van der Waals surface area contributed by atoms with E-state index >= 15 is 0 Å². The topological polar surface area (TPSA) is 60.9 Å². The molecule has 4 aromatic heterocycles. The van der Waals surface area contributed by atoms with E-state index in [-0.39, 0.29) is 0 Å². The average molecular weight is 296 g/mol. The van der Waals surface area contributed by atoms with E-state index in [0.29, 0.717) is 6.54 Å². The zero-order valence-corrected chi connectivity index (χ0v) is 12.2. The summed E-state index contributed by atoms with van der Waals surface area (Å²) < 4.78 is 3.87. The van der Waals surface area contributed by atoms with Crippen molar-refractivity contribution in [2.24, 2.45) is 0 Å². The highest BCUT2D eigenvalue weighted by atomic mass is 32.1. The molecule has 21 heavy (non-hydrogen) atoms. The van der Waals surface area contributed by atoms with E-state index in [9.17, 15) is 0 Å². The molecule has 4 rings (SSSR count). The van der Waals surface area contributed by atoms with Gasteiger partial charge in [-0.1, -0.05) is 6.07 Å². The van der Waals surface area contributed by atoms with Gasteiger partial charge in [-0.3, -0.25) is 0 Å². The summed E-state index contributed by atoms with van der Waals surface area (Å²) >= 11 is 1.66. The third kappa shape index (κ3) is 2.11. The molecule has 0 aliphatic rings. The van der Waals surface area contributed by atoms with Crippen molar-refractivity contribution in [2.75, 3.05) is 0 Å². The third-order valence-corrected chi connectivity index (χ3v) is 4.07. The maximum atomic E-state index is 4.51. The second kappa shape index (κ2) is 4.78. The van der Waals surface area contributed by atoms with Crippen LogP contribution in [-0.4, -0.2) is 29.1 Å². The third-order valence-electron chi connectivity index (χ3n) is 3.25. The Kier molecular flexibility index (Phi) is 2.78. The number of fused-ring (bicyclic) bond motifs is 1. The summed E-state index contributed by atoms with van der Waals surface area (Å²) in [5.41, 5.74) is 2.77. The Balaban J connectivity index is 1.79. The fourth-order valence-electron chi connectivity index (χ4n) is 2.34. The maximum absolute atomic E-state index is 4.51. The lowest BCUT2D eigenvalue weighted by atomic mass is 10.3. The minimum absolute atomic E-state index is 0.699. The van der Waals surface area contributed by atoms with Crippen LogP contribution in [0.5, 0.6) is 0 Å². The number of imidazole rings is 1. The Labute approximate surface area is 124 Å². The molecule has 0 amide bonds. The standard InChI is InChI=1S/C14H12N6S/c1-10-18-11(8-21-10)7-19-6-5-15-14(19)12-3-2-4-13-16-9-17-20(12)13/h2-6,8-9H,7H2,1H3. The zero-order chi connectivity index (χ0) is 14.2. The summed E-state index contributed by atoms with van der Waals surface area (Å²) in [5, 5.41) is 7.42. The van der Waals surface area contributed by atoms with Gasteiger partial charge in [0.1, 0.15) is 12.0 Å². The van der Waals surface area contributed by atoms with Crippen molar-refractivity contribution in [3.8, 4) is 11.5 Å². The normalized spacial score (nSPS) is 11.3.